The van der Waals surface area contributed by atoms with Crippen LogP contribution in [0.15, 0.2) is 42.5 Å². The third-order valence-corrected chi connectivity index (χ3v) is 2.84. The topological polar surface area (TPSA) is 91.0 Å². The zero-order valence-electron chi connectivity index (χ0n) is 11.4. The van der Waals surface area contributed by atoms with Gasteiger partial charge in [-0.05, 0) is 31.2 Å². The molecule has 0 heterocycles. The normalized spacial score (nSPS) is 10.0. The van der Waals surface area contributed by atoms with Crippen LogP contribution in [-0.4, -0.2) is 11.9 Å². The van der Waals surface area contributed by atoms with Crippen LogP contribution < -0.4 is 16.4 Å². The first kappa shape index (κ1) is 14.5. The van der Waals surface area contributed by atoms with Gasteiger partial charge in [0.1, 0.15) is 11.7 Å². The van der Waals surface area contributed by atoms with Gasteiger partial charge in [0, 0.05) is 5.69 Å². The molecule has 0 aliphatic rings. The summed E-state index contributed by atoms with van der Waals surface area (Å²) in [4.78, 5) is 11.9. The molecule has 0 bridgehead atoms. The molecule has 0 radical (unpaired) electrons. The zero-order valence-corrected chi connectivity index (χ0v) is 11.4. The number of hydrogen-bond donors (Lipinski definition) is 4. The van der Waals surface area contributed by atoms with Gasteiger partial charge in [-0.1, -0.05) is 23.8 Å². The van der Waals surface area contributed by atoms with Gasteiger partial charge in [-0.15, -0.1) is 0 Å². The first-order valence-corrected chi connectivity index (χ1v) is 6.25. The minimum Gasteiger partial charge on any atom is -0.384 e. The Morgan fingerprint density at radius 3 is 2.43 bits per heavy atom. The Balaban J connectivity index is 2.15. The van der Waals surface area contributed by atoms with E-state index in [2.05, 4.69) is 10.6 Å². The highest BCUT2D eigenvalue weighted by Crippen LogP contribution is 2.19. The summed E-state index contributed by atoms with van der Waals surface area (Å²) >= 11 is 0. The average molecular weight is 286 g/mol. The number of nitrogens with one attached hydrogen (secondary N) is 3. The molecule has 2 aromatic carbocycles. The predicted molar refractivity (Wildman–Crippen MR) is 81.2 cm³/mol. The SMILES string of the molecule is Cc1ccc(NC(=O)Nc2cccc(F)c2C(=N)N)cc1. The van der Waals surface area contributed by atoms with Crippen molar-refractivity contribution in [2.45, 2.75) is 6.92 Å². The van der Waals surface area contributed by atoms with Crippen molar-refractivity contribution in [3.63, 3.8) is 0 Å². The minimum absolute atomic E-state index is 0.128. The molecule has 2 amide bonds. The minimum atomic E-state index is -0.657. The molecular formula is C15H15FN4O. The quantitative estimate of drug-likeness (QED) is 0.516. The maximum atomic E-state index is 13.6. The van der Waals surface area contributed by atoms with Gasteiger partial charge >= 0.3 is 6.03 Å². The fraction of sp³-hybridized carbons (Fsp3) is 0.0667. The van der Waals surface area contributed by atoms with Crippen LogP contribution in [0.1, 0.15) is 11.1 Å². The second-order valence-corrected chi connectivity index (χ2v) is 4.52. The van der Waals surface area contributed by atoms with Crippen molar-refractivity contribution in [3.8, 4) is 0 Å². The number of urea groups is 1. The van der Waals surface area contributed by atoms with Crippen LogP contribution in [0.4, 0.5) is 20.6 Å². The van der Waals surface area contributed by atoms with Crippen LogP contribution >= 0.6 is 0 Å². The molecule has 2 rings (SSSR count). The molecular weight excluding hydrogens is 271 g/mol. The van der Waals surface area contributed by atoms with E-state index < -0.39 is 17.7 Å². The Labute approximate surface area is 121 Å². The lowest BCUT2D eigenvalue weighted by molar-refractivity contribution is 0.262. The van der Waals surface area contributed by atoms with Crippen molar-refractivity contribution in [2.75, 3.05) is 10.6 Å². The van der Waals surface area contributed by atoms with E-state index in [4.69, 9.17) is 11.1 Å². The van der Waals surface area contributed by atoms with Crippen LogP contribution in [0.5, 0.6) is 0 Å². The third-order valence-electron chi connectivity index (χ3n) is 2.84. The number of amidine groups is 1. The Morgan fingerprint density at radius 2 is 1.81 bits per heavy atom. The standard InChI is InChI=1S/C15H15FN4O/c1-9-5-7-10(8-6-9)19-15(21)20-12-4-2-3-11(16)13(12)14(17)18/h2-8H,1H3,(H3,17,18)(H2,19,20,21). The summed E-state index contributed by atoms with van der Waals surface area (Å²) in [7, 11) is 0. The maximum absolute atomic E-state index is 13.6. The third kappa shape index (κ3) is 3.56. The van der Waals surface area contributed by atoms with Crippen molar-refractivity contribution < 1.29 is 9.18 Å². The number of benzene rings is 2. The highest BCUT2D eigenvalue weighted by Gasteiger charge is 2.13. The lowest BCUT2D eigenvalue weighted by Gasteiger charge is -2.12. The summed E-state index contributed by atoms with van der Waals surface area (Å²) in [6.07, 6.45) is 0. The number of nitrogen functional groups attached to an aromatic ring is 1. The number of carbonyl (C=O) groups excluding carboxylic acids is 1. The van der Waals surface area contributed by atoms with Crippen LogP contribution in [0.25, 0.3) is 0 Å². The molecule has 2 aromatic rings. The largest absolute Gasteiger partial charge is 0.384 e. The number of amides is 2. The molecule has 0 aliphatic heterocycles. The van der Waals surface area contributed by atoms with Gasteiger partial charge in [0.05, 0.1) is 11.3 Å². The number of aryl methyl sites for hydroxylation is 1. The predicted octanol–water partition coefficient (Wildman–Crippen LogP) is 3.06. The van der Waals surface area contributed by atoms with Gasteiger partial charge in [0.25, 0.3) is 0 Å². The molecule has 5 N–H and O–H groups in total. The summed E-state index contributed by atoms with van der Waals surface area (Å²) < 4.78 is 13.6. The maximum Gasteiger partial charge on any atom is 0.323 e. The molecule has 0 aliphatic carbocycles. The van der Waals surface area contributed by atoms with Crippen molar-refractivity contribution in [3.05, 3.63) is 59.4 Å². The Kier molecular flexibility index (Phi) is 4.18. The molecule has 0 aromatic heterocycles. The first-order valence-electron chi connectivity index (χ1n) is 6.25. The van der Waals surface area contributed by atoms with E-state index in [9.17, 15) is 9.18 Å². The fourth-order valence-electron chi connectivity index (χ4n) is 1.82. The Morgan fingerprint density at radius 1 is 1.14 bits per heavy atom. The monoisotopic (exact) mass is 286 g/mol. The van der Waals surface area contributed by atoms with Crippen LogP contribution in [0, 0.1) is 18.2 Å². The van der Waals surface area contributed by atoms with Gasteiger partial charge in [0.2, 0.25) is 0 Å². The average Bonchev–Trinajstić information content (AvgIpc) is 2.41. The van der Waals surface area contributed by atoms with Crippen molar-refractivity contribution >= 4 is 23.2 Å². The fourth-order valence-corrected chi connectivity index (χ4v) is 1.82. The number of anilines is 2. The molecule has 108 valence electrons. The summed E-state index contributed by atoms with van der Waals surface area (Å²) in [6, 6.07) is 10.8. The van der Waals surface area contributed by atoms with Crippen molar-refractivity contribution in [1.29, 1.82) is 5.41 Å². The van der Waals surface area contributed by atoms with E-state index in [0.29, 0.717) is 5.69 Å². The smallest absolute Gasteiger partial charge is 0.323 e. The van der Waals surface area contributed by atoms with E-state index in [1.165, 1.54) is 18.2 Å². The molecule has 5 nitrogen and oxygen atoms in total. The highest BCUT2D eigenvalue weighted by molar-refractivity contribution is 6.07. The molecule has 0 atom stereocenters. The van der Waals surface area contributed by atoms with E-state index >= 15 is 0 Å². The molecule has 21 heavy (non-hydrogen) atoms. The summed E-state index contributed by atoms with van der Waals surface area (Å²) in [5.74, 6) is -1.10. The van der Waals surface area contributed by atoms with Crippen LogP contribution in [0.2, 0.25) is 0 Å². The molecule has 0 unspecified atom stereocenters. The molecule has 0 spiro atoms. The van der Waals surface area contributed by atoms with Gasteiger partial charge in [-0.2, -0.15) is 0 Å². The van der Waals surface area contributed by atoms with Gasteiger partial charge in [-0.3, -0.25) is 5.41 Å². The van der Waals surface area contributed by atoms with Crippen molar-refractivity contribution in [1.82, 2.24) is 0 Å². The van der Waals surface area contributed by atoms with Gasteiger partial charge in [0.15, 0.2) is 0 Å². The number of rotatable bonds is 3. The van der Waals surface area contributed by atoms with Crippen LogP contribution in [0.3, 0.4) is 0 Å². The van der Waals surface area contributed by atoms with Crippen LogP contribution in [-0.2, 0) is 0 Å². The Hall–Kier alpha value is -2.89. The zero-order chi connectivity index (χ0) is 15.4. The second-order valence-electron chi connectivity index (χ2n) is 4.52. The van der Waals surface area contributed by atoms with Gasteiger partial charge in [-0.25, -0.2) is 9.18 Å². The summed E-state index contributed by atoms with van der Waals surface area (Å²) in [5.41, 5.74) is 7.03. The second kappa shape index (κ2) is 6.04. The molecule has 0 saturated carbocycles. The lowest BCUT2D eigenvalue weighted by Crippen LogP contribution is -2.23. The number of carbonyl (C=O) groups is 1. The Bertz CT molecular complexity index is 683. The summed E-state index contributed by atoms with van der Waals surface area (Å²) in [5, 5.41) is 12.5. The van der Waals surface area contributed by atoms with Crippen molar-refractivity contribution in [2.24, 2.45) is 5.73 Å². The van der Waals surface area contributed by atoms with E-state index in [1.807, 2.05) is 19.1 Å². The first-order chi connectivity index (χ1) is 9.97. The van der Waals surface area contributed by atoms with E-state index in [1.54, 1.807) is 12.1 Å². The number of halogens is 1. The van der Waals surface area contributed by atoms with E-state index in [0.717, 1.165) is 5.56 Å². The lowest BCUT2D eigenvalue weighted by atomic mass is 10.1. The summed E-state index contributed by atoms with van der Waals surface area (Å²) in [6.45, 7) is 1.94. The molecule has 0 fully saturated rings. The highest BCUT2D eigenvalue weighted by atomic mass is 19.1. The van der Waals surface area contributed by atoms with Gasteiger partial charge < -0.3 is 16.4 Å². The molecule has 0 saturated heterocycles. The number of nitrogens with two attached hydrogens (primary N) is 1. The van der Waals surface area contributed by atoms with E-state index in [-0.39, 0.29) is 11.3 Å². The molecule has 6 heteroatoms. The number of hydrogen-bond acceptors (Lipinski definition) is 2.